The van der Waals surface area contributed by atoms with Gasteiger partial charge in [0, 0.05) is 19.0 Å². The summed E-state index contributed by atoms with van der Waals surface area (Å²) in [6.45, 7) is 0.633. The highest BCUT2D eigenvalue weighted by atomic mass is 16.2. The maximum absolute atomic E-state index is 11.7. The van der Waals surface area contributed by atoms with E-state index in [1.165, 1.54) is 4.90 Å². The lowest BCUT2D eigenvalue weighted by Crippen LogP contribution is -2.46. The fraction of sp³-hybridized carbons (Fsp3) is 0.800. The zero-order valence-corrected chi connectivity index (χ0v) is 8.29. The standard InChI is InChI=1S/C10H16N2O2/c13-9-6-3-7-11-10(14)12(9)8-4-1-2-5-8/h8H,1-7H2,(H,11,14). The Morgan fingerprint density at radius 2 is 1.86 bits per heavy atom. The number of urea groups is 1. The number of rotatable bonds is 1. The molecule has 0 radical (unpaired) electrons. The molecule has 1 aliphatic carbocycles. The molecule has 1 aliphatic heterocycles. The van der Waals surface area contributed by atoms with E-state index in [0.717, 1.165) is 32.1 Å². The van der Waals surface area contributed by atoms with E-state index in [1.54, 1.807) is 0 Å². The highest BCUT2D eigenvalue weighted by Gasteiger charge is 2.32. The fourth-order valence-electron chi connectivity index (χ4n) is 2.29. The van der Waals surface area contributed by atoms with E-state index in [9.17, 15) is 9.59 Å². The summed E-state index contributed by atoms with van der Waals surface area (Å²) in [5.74, 6) is 0.00639. The molecule has 0 aromatic carbocycles. The molecular formula is C10H16N2O2. The van der Waals surface area contributed by atoms with Gasteiger partial charge in [-0.15, -0.1) is 0 Å². The van der Waals surface area contributed by atoms with Gasteiger partial charge in [-0.1, -0.05) is 12.8 Å². The Morgan fingerprint density at radius 1 is 1.14 bits per heavy atom. The molecule has 1 N–H and O–H groups in total. The Hall–Kier alpha value is -1.06. The first kappa shape index (κ1) is 9.49. The van der Waals surface area contributed by atoms with Gasteiger partial charge in [-0.2, -0.15) is 0 Å². The number of imide groups is 1. The molecule has 2 rings (SSSR count). The molecule has 2 aliphatic rings. The third kappa shape index (κ3) is 1.74. The van der Waals surface area contributed by atoms with Crippen LogP contribution in [0.25, 0.3) is 0 Å². The molecule has 0 aromatic heterocycles. The molecule has 3 amide bonds. The molecule has 1 saturated heterocycles. The van der Waals surface area contributed by atoms with Crippen molar-refractivity contribution in [1.29, 1.82) is 0 Å². The molecule has 1 saturated carbocycles. The van der Waals surface area contributed by atoms with E-state index < -0.39 is 0 Å². The summed E-state index contributed by atoms with van der Waals surface area (Å²) in [7, 11) is 0. The quantitative estimate of drug-likeness (QED) is 0.686. The van der Waals surface area contributed by atoms with Gasteiger partial charge in [0.1, 0.15) is 0 Å². The second-order valence-electron chi connectivity index (χ2n) is 4.04. The van der Waals surface area contributed by atoms with Gasteiger partial charge in [-0.05, 0) is 19.3 Å². The lowest BCUT2D eigenvalue weighted by Gasteiger charge is -2.24. The monoisotopic (exact) mass is 196 g/mol. The van der Waals surface area contributed by atoms with Gasteiger partial charge < -0.3 is 5.32 Å². The third-order valence-corrected chi connectivity index (χ3v) is 3.02. The van der Waals surface area contributed by atoms with Crippen molar-refractivity contribution in [2.24, 2.45) is 0 Å². The smallest absolute Gasteiger partial charge is 0.324 e. The predicted octanol–water partition coefficient (Wildman–Crippen LogP) is 1.26. The number of nitrogens with zero attached hydrogens (tertiary/aromatic N) is 1. The van der Waals surface area contributed by atoms with E-state index >= 15 is 0 Å². The minimum absolute atomic E-state index is 0.00639. The van der Waals surface area contributed by atoms with Crippen LogP contribution >= 0.6 is 0 Å². The minimum Gasteiger partial charge on any atom is -0.338 e. The van der Waals surface area contributed by atoms with Crippen LogP contribution in [-0.4, -0.2) is 29.4 Å². The molecular weight excluding hydrogens is 180 g/mol. The second kappa shape index (κ2) is 3.98. The van der Waals surface area contributed by atoms with Gasteiger partial charge in [0.2, 0.25) is 5.91 Å². The number of hydrogen-bond donors (Lipinski definition) is 1. The average molecular weight is 196 g/mol. The predicted molar refractivity (Wildman–Crippen MR) is 51.7 cm³/mol. The number of nitrogens with one attached hydrogen (secondary N) is 1. The second-order valence-corrected chi connectivity index (χ2v) is 4.04. The van der Waals surface area contributed by atoms with Crippen LogP contribution < -0.4 is 5.32 Å². The Balaban J connectivity index is 2.10. The van der Waals surface area contributed by atoms with Gasteiger partial charge in [-0.3, -0.25) is 9.69 Å². The summed E-state index contributed by atoms with van der Waals surface area (Å²) < 4.78 is 0. The maximum Gasteiger partial charge on any atom is 0.324 e. The van der Waals surface area contributed by atoms with E-state index in [1.807, 2.05) is 0 Å². The molecule has 0 unspecified atom stereocenters. The average Bonchev–Trinajstić information content (AvgIpc) is 2.61. The summed E-state index contributed by atoms with van der Waals surface area (Å²) in [5.41, 5.74) is 0. The largest absolute Gasteiger partial charge is 0.338 e. The number of hydrogen-bond acceptors (Lipinski definition) is 2. The number of amides is 3. The van der Waals surface area contributed by atoms with Crippen molar-refractivity contribution in [3.63, 3.8) is 0 Å². The van der Waals surface area contributed by atoms with Gasteiger partial charge >= 0.3 is 6.03 Å². The zero-order valence-electron chi connectivity index (χ0n) is 8.29. The van der Waals surface area contributed by atoms with Crippen LogP contribution in [0.5, 0.6) is 0 Å². The molecule has 0 spiro atoms. The lowest BCUT2D eigenvalue weighted by atomic mass is 10.2. The summed E-state index contributed by atoms with van der Waals surface area (Å²) in [6, 6.07) is -0.0139. The first-order valence-electron chi connectivity index (χ1n) is 5.39. The van der Waals surface area contributed by atoms with Gasteiger partial charge in [0.25, 0.3) is 0 Å². The van der Waals surface area contributed by atoms with Crippen molar-refractivity contribution in [2.45, 2.75) is 44.6 Å². The van der Waals surface area contributed by atoms with Gasteiger partial charge in [-0.25, -0.2) is 4.79 Å². The van der Waals surface area contributed by atoms with Crippen LogP contribution in [0.2, 0.25) is 0 Å². The van der Waals surface area contributed by atoms with Crippen molar-refractivity contribution >= 4 is 11.9 Å². The Labute approximate surface area is 83.6 Å². The molecule has 4 nitrogen and oxygen atoms in total. The first-order valence-corrected chi connectivity index (χ1v) is 5.39. The van der Waals surface area contributed by atoms with Crippen molar-refractivity contribution in [1.82, 2.24) is 10.2 Å². The maximum atomic E-state index is 11.7. The Morgan fingerprint density at radius 3 is 2.57 bits per heavy atom. The molecule has 2 fully saturated rings. The minimum atomic E-state index is -0.181. The van der Waals surface area contributed by atoms with E-state index in [-0.39, 0.29) is 18.0 Å². The van der Waals surface area contributed by atoms with Crippen molar-refractivity contribution in [2.75, 3.05) is 6.54 Å². The summed E-state index contributed by atoms with van der Waals surface area (Å²) >= 11 is 0. The van der Waals surface area contributed by atoms with Crippen molar-refractivity contribution < 1.29 is 9.59 Å². The van der Waals surface area contributed by atoms with Gasteiger partial charge in [0.15, 0.2) is 0 Å². The lowest BCUT2D eigenvalue weighted by molar-refractivity contribution is -0.129. The first-order chi connectivity index (χ1) is 6.79. The summed E-state index contributed by atoms with van der Waals surface area (Å²) in [4.78, 5) is 24.7. The van der Waals surface area contributed by atoms with E-state index in [0.29, 0.717) is 13.0 Å². The molecule has 78 valence electrons. The molecule has 4 heteroatoms. The summed E-state index contributed by atoms with van der Waals surface area (Å²) in [6.07, 6.45) is 5.53. The van der Waals surface area contributed by atoms with Crippen LogP contribution in [0.15, 0.2) is 0 Å². The van der Waals surface area contributed by atoms with Crippen LogP contribution in [0.1, 0.15) is 38.5 Å². The molecule has 0 atom stereocenters. The molecule has 14 heavy (non-hydrogen) atoms. The number of carbonyl (C=O) groups is 2. The highest BCUT2D eigenvalue weighted by molar-refractivity contribution is 5.95. The van der Waals surface area contributed by atoms with Crippen LogP contribution in [-0.2, 0) is 4.79 Å². The van der Waals surface area contributed by atoms with Crippen molar-refractivity contribution in [3.8, 4) is 0 Å². The molecule has 0 bridgehead atoms. The SMILES string of the molecule is O=C1CCCNC(=O)N1C1CCCC1. The molecule has 0 aromatic rings. The normalized spacial score (nSPS) is 25.0. The fourth-order valence-corrected chi connectivity index (χ4v) is 2.29. The van der Waals surface area contributed by atoms with Crippen molar-refractivity contribution in [3.05, 3.63) is 0 Å². The van der Waals surface area contributed by atoms with Crippen LogP contribution in [0.4, 0.5) is 4.79 Å². The highest BCUT2D eigenvalue weighted by Crippen LogP contribution is 2.24. The zero-order chi connectivity index (χ0) is 9.97. The Kier molecular flexibility index (Phi) is 2.70. The topological polar surface area (TPSA) is 49.4 Å². The number of carbonyl (C=O) groups excluding carboxylic acids is 2. The Bertz CT molecular complexity index is 229. The van der Waals surface area contributed by atoms with Crippen LogP contribution in [0.3, 0.4) is 0 Å². The molecule has 1 heterocycles. The third-order valence-electron chi connectivity index (χ3n) is 3.02. The summed E-state index contributed by atoms with van der Waals surface area (Å²) in [5, 5.41) is 2.77. The van der Waals surface area contributed by atoms with E-state index in [4.69, 9.17) is 0 Å². The van der Waals surface area contributed by atoms with E-state index in [2.05, 4.69) is 5.32 Å². The van der Waals surface area contributed by atoms with Crippen LogP contribution in [0, 0.1) is 0 Å². The van der Waals surface area contributed by atoms with Gasteiger partial charge in [0.05, 0.1) is 0 Å².